The van der Waals surface area contributed by atoms with E-state index >= 15 is 0 Å². The highest BCUT2D eigenvalue weighted by Crippen LogP contribution is 2.30. The molecule has 17 heavy (non-hydrogen) atoms. The molecule has 1 aliphatic carbocycles. The maximum Gasteiger partial charge on any atom is 0.0490 e. The fourth-order valence-corrected chi connectivity index (χ4v) is 2.47. The van der Waals surface area contributed by atoms with Crippen LogP contribution in [-0.2, 0) is 6.54 Å². The Labute approximate surface area is 109 Å². The Balaban J connectivity index is 0.00000108. The van der Waals surface area contributed by atoms with Gasteiger partial charge in [0.1, 0.15) is 0 Å². The van der Waals surface area contributed by atoms with Crippen LogP contribution < -0.4 is 5.32 Å². The number of aromatic nitrogens is 2. The zero-order valence-electron chi connectivity index (χ0n) is 10.1. The van der Waals surface area contributed by atoms with Crippen molar-refractivity contribution in [3.8, 4) is 0 Å². The van der Waals surface area contributed by atoms with E-state index in [9.17, 15) is 0 Å². The first-order valence-electron chi connectivity index (χ1n) is 6.34. The molecule has 0 aromatic carbocycles. The van der Waals surface area contributed by atoms with Gasteiger partial charge in [0, 0.05) is 37.6 Å². The summed E-state index contributed by atoms with van der Waals surface area (Å²) in [5.41, 5.74) is 1.18. The molecule has 2 N–H and O–H groups in total. The third kappa shape index (κ3) is 3.69. The van der Waals surface area contributed by atoms with Gasteiger partial charge in [0.15, 0.2) is 0 Å². The maximum atomic E-state index is 3.95. The van der Waals surface area contributed by atoms with E-state index in [1.165, 1.54) is 44.6 Å². The lowest BCUT2D eigenvalue weighted by atomic mass is 10.2. The van der Waals surface area contributed by atoms with Crippen LogP contribution >= 0.6 is 12.4 Å². The summed E-state index contributed by atoms with van der Waals surface area (Å²) >= 11 is 0. The van der Waals surface area contributed by atoms with Crippen LogP contribution in [0.15, 0.2) is 12.3 Å². The third-order valence-electron chi connectivity index (χ3n) is 3.63. The highest BCUT2D eigenvalue weighted by atomic mass is 35.5. The molecule has 4 nitrogen and oxygen atoms in total. The number of rotatable bonds is 5. The largest absolute Gasteiger partial charge is 0.307 e. The number of hydrogen-bond donors (Lipinski definition) is 2. The van der Waals surface area contributed by atoms with Crippen LogP contribution in [0, 0.1) is 5.92 Å². The average Bonchev–Trinajstić information content (AvgIpc) is 2.81. The monoisotopic (exact) mass is 256 g/mol. The van der Waals surface area contributed by atoms with Crippen molar-refractivity contribution in [2.24, 2.45) is 5.92 Å². The van der Waals surface area contributed by atoms with Crippen LogP contribution in [0.4, 0.5) is 0 Å². The van der Waals surface area contributed by atoms with E-state index < -0.39 is 0 Å². The van der Waals surface area contributed by atoms with Gasteiger partial charge in [-0.25, -0.2) is 0 Å². The lowest BCUT2D eigenvalue weighted by molar-refractivity contribution is 0.314. The zero-order valence-corrected chi connectivity index (χ0v) is 10.9. The van der Waals surface area contributed by atoms with Crippen molar-refractivity contribution in [3.05, 3.63) is 18.0 Å². The van der Waals surface area contributed by atoms with E-state index in [4.69, 9.17) is 0 Å². The van der Waals surface area contributed by atoms with Crippen molar-refractivity contribution in [2.75, 3.05) is 19.6 Å². The van der Waals surface area contributed by atoms with E-state index in [0.29, 0.717) is 6.04 Å². The number of likely N-dealkylation sites (tertiary alicyclic amines) is 1. The van der Waals surface area contributed by atoms with Gasteiger partial charge in [0.05, 0.1) is 0 Å². The number of aromatic amines is 1. The summed E-state index contributed by atoms with van der Waals surface area (Å²) in [7, 11) is 0. The third-order valence-corrected chi connectivity index (χ3v) is 3.63. The molecule has 2 fully saturated rings. The van der Waals surface area contributed by atoms with E-state index in [0.717, 1.165) is 12.5 Å². The first kappa shape index (κ1) is 12.9. The number of hydrogen-bond acceptors (Lipinski definition) is 3. The topological polar surface area (TPSA) is 44.0 Å². The molecule has 5 heteroatoms. The Hall–Kier alpha value is -0.580. The summed E-state index contributed by atoms with van der Waals surface area (Å²) in [5, 5.41) is 10.5. The molecule has 1 saturated heterocycles. The molecule has 3 rings (SSSR count). The Bertz CT molecular complexity index is 323. The van der Waals surface area contributed by atoms with E-state index in [1.807, 2.05) is 12.3 Å². The second kappa shape index (κ2) is 5.85. The van der Waals surface area contributed by atoms with Crippen LogP contribution in [0.1, 0.15) is 25.0 Å². The molecule has 1 aromatic heterocycles. The van der Waals surface area contributed by atoms with E-state index in [1.54, 1.807) is 0 Å². The van der Waals surface area contributed by atoms with Crippen molar-refractivity contribution >= 4 is 12.4 Å². The molecule has 1 saturated carbocycles. The van der Waals surface area contributed by atoms with Gasteiger partial charge < -0.3 is 10.2 Å². The van der Waals surface area contributed by atoms with Crippen LogP contribution in [-0.4, -0.2) is 40.8 Å². The standard InChI is InChI=1S/C12H20N4.ClH/c1-2-10(1)8-16-6-4-12(9-16)13-7-11-3-5-14-15-11;/h3,5,10,12-13H,1-2,4,6-9H2,(H,14,15);1H. The second-order valence-corrected chi connectivity index (χ2v) is 5.15. The molecule has 1 unspecified atom stereocenters. The Morgan fingerprint density at radius 1 is 1.41 bits per heavy atom. The molecule has 0 spiro atoms. The van der Waals surface area contributed by atoms with Crippen LogP contribution in [0.3, 0.4) is 0 Å². The van der Waals surface area contributed by atoms with Crippen molar-refractivity contribution < 1.29 is 0 Å². The number of halogens is 1. The molecule has 1 atom stereocenters. The van der Waals surface area contributed by atoms with Crippen LogP contribution in [0.25, 0.3) is 0 Å². The first-order chi connectivity index (χ1) is 7.90. The Morgan fingerprint density at radius 3 is 3.00 bits per heavy atom. The summed E-state index contributed by atoms with van der Waals surface area (Å²) in [6, 6.07) is 2.70. The second-order valence-electron chi connectivity index (χ2n) is 5.15. The number of nitrogens with zero attached hydrogens (tertiary/aromatic N) is 2. The molecule has 0 bridgehead atoms. The van der Waals surface area contributed by atoms with Gasteiger partial charge >= 0.3 is 0 Å². The first-order valence-corrected chi connectivity index (χ1v) is 6.34. The van der Waals surface area contributed by atoms with E-state index in [-0.39, 0.29) is 12.4 Å². The quantitative estimate of drug-likeness (QED) is 0.837. The fourth-order valence-electron chi connectivity index (χ4n) is 2.47. The van der Waals surface area contributed by atoms with Crippen molar-refractivity contribution in [1.82, 2.24) is 20.4 Å². The summed E-state index contributed by atoms with van der Waals surface area (Å²) < 4.78 is 0. The van der Waals surface area contributed by atoms with Crippen molar-refractivity contribution in [3.63, 3.8) is 0 Å². The summed E-state index contributed by atoms with van der Waals surface area (Å²) in [4.78, 5) is 2.61. The molecule has 96 valence electrons. The van der Waals surface area contributed by atoms with Crippen molar-refractivity contribution in [1.29, 1.82) is 0 Å². The Morgan fingerprint density at radius 2 is 2.29 bits per heavy atom. The summed E-state index contributed by atoms with van der Waals surface area (Å²) in [5.74, 6) is 1.02. The molecule has 0 radical (unpaired) electrons. The highest BCUT2D eigenvalue weighted by molar-refractivity contribution is 5.85. The zero-order chi connectivity index (χ0) is 10.8. The molecule has 0 amide bonds. The molecule has 2 heterocycles. The van der Waals surface area contributed by atoms with Gasteiger partial charge in [0.2, 0.25) is 0 Å². The summed E-state index contributed by atoms with van der Waals surface area (Å²) in [6.07, 6.45) is 6.03. The fraction of sp³-hybridized carbons (Fsp3) is 0.750. The highest BCUT2D eigenvalue weighted by Gasteiger charge is 2.28. The minimum atomic E-state index is 0. The van der Waals surface area contributed by atoms with Gasteiger partial charge in [-0.1, -0.05) is 0 Å². The predicted molar refractivity (Wildman–Crippen MR) is 70.2 cm³/mol. The molecule has 2 aliphatic rings. The van der Waals surface area contributed by atoms with Gasteiger partial charge in [-0.2, -0.15) is 5.10 Å². The van der Waals surface area contributed by atoms with Gasteiger partial charge in [-0.15, -0.1) is 12.4 Å². The molecular weight excluding hydrogens is 236 g/mol. The SMILES string of the molecule is Cl.c1cc(CNC2CCN(CC3CC3)C2)[nH]n1. The van der Waals surface area contributed by atoms with Crippen LogP contribution in [0.5, 0.6) is 0 Å². The molecule has 1 aromatic rings. The minimum Gasteiger partial charge on any atom is -0.307 e. The normalized spacial score (nSPS) is 24.8. The lowest BCUT2D eigenvalue weighted by Gasteiger charge is -2.15. The number of nitrogens with one attached hydrogen (secondary N) is 2. The molecule has 1 aliphatic heterocycles. The molecular formula is C12H21ClN4. The van der Waals surface area contributed by atoms with Crippen molar-refractivity contribution in [2.45, 2.75) is 31.8 Å². The van der Waals surface area contributed by atoms with Gasteiger partial charge in [-0.05, 0) is 37.8 Å². The van der Waals surface area contributed by atoms with E-state index in [2.05, 4.69) is 20.4 Å². The summed E-state index contributed by atoms with van der Waals surface area (Å²) in [6.45, 7) is 4.76. The lowest BCUT2D eigenvalue weighted by Crippen LogP contribution is -2.32. The smallest absolute Gasteiger partial charge is 0.0490 e. The predicted octanol–water partition coefficient (Wildman–Crippen LogP) is 1.41. The maximum absolute atomic E-state index is 3.95. The van der Waals surface area contributed by atoms with Crippen LogP contribution in [0.2, 0.25) is 0 Å². The minimum absolute atomic E-state index is 0. The Kier molecular flexibility index (Phi) is 4.42. The van der Waals surface area contributed by atoms with Gasteiger partial charge in [-0.3, -0.25) is 5.10 Å². The average molecular weight is 257 g/mol. The van der Waals surface area contributed by atoms with Gasteiger partial charge in [0.25, 0.3) is 0 Å². The number of H-pyrrole nitrogens is 1.